The molecule has 6 nitrogen and oxygen atoms in total. The molecule has 0 amide bonds. The molecule has 2 heterocycles. The molecule has 19 heavy (non-hydrogen) atoms. The Bertz CT molecular complexity index is 765. The van der Waals surface area contributed by atoms with Crippen molar-refractivity contribution in [2.45, 2.75) is 4.34 Å². The fourth-order valence-corrected chi connectivity index (χ4v) is 3.12. The average Bonchev–Trinajstić information content (AvgIpc) is 3.03. The zero-order chi connectivity index (χ0) is 13.4. The summed E-state index contributed by atoms with van der Waals surface area (Å²) in [4.78, 5) is 17.0. The number of ketones is 1. The van der Waals surface area contributed by atoms with Crippen LogP contribution in [0.1, 0.15) is 15.2 Å². The van der Waals surface area contributed by atoms with Gasteiger partial charge in [-0.05, 0) is 28.7 Å². The highest BCUT2D eigenvalue weighted by Gasteiger charge is 2.21. The summed E-state index contributed by atoms with van der Waals surface area (Å²) in [6.07, 6.45) is 1.88. The zero-order valence-corrected chi connectivity index (χ0v) is 11.4. The van der Waals surface area contributed by atoms with Crippen molar-refractivity contribution in [2.75, 3.05) is 12.0 Å². The Kier molecular flexibility index (Phi) is 2.96. The van der Waals surface area contributed by atoms with Crippen LogP contribution in [0.5, 0.6) is 0 Å². The molecule has 3 rings (SSSR count). The predicted molar refractivity (Wildman–Crippen MR) is 73.5 cm³/mol. The van der Waals surface area contributed by atoms with Crippen LogP contribution < -0.4 is 5.73 Å². The predicted octanol–water partition coefficient (Wildman–Crippen LogP) is 2.21. The first kappa shape index (κ1) is 12.1. The molecular formula is C11H8N4O2S2. The highest BCUT2D eigenvalue weighted by Crippen LogP contribution is 2.30. The van der Waals surface area contributed by atoms with Crippen LogP contribution in [-0.4, -0.2) is 27.3 Å². The van der Waals surface area contributed by atoms with Gasteiger partial charge in [-0.1, -0.05) is 17.8 Å². The van der Waals surface area contributed by atoms with Gasteiger partial charge in [0.1, 0.15) is 21.7 Å². The van der Waals surface area contributed by atoms with E-state index in [1.54, 1.807) is 18.2 Å². The van der Waals surface area contributed by atoms with Gasteiger partial charge in [-0.2, -0.15) is 0 Å². The van der Waals surface area contributed by atoms with E-state index in [0.717, 1.165) is 4.34 Å². The minimum atomic E-state index is -0.211. The van der Waals surface area contributed by atoms with E-state index in [9.17, 15) is 4.79 Å². The van der Waals surface area contributed by atoms with Crippen LogP contribution in [0, 0.1) is 0 Å². The Balaban J connectivity index is 2.13. The molecule has 96 valence electrons. The van der Waals surface area contributed by atoms with Gasteiger partial charge in [-0.3, -0.25) is 4.79 Å². The van der Waals surface area contributed by atoms with E-state index in [-0.39, 0.29) is 11.6 Å². The Morgan fingerprint density at radius 1 is 1.42 bits per heavy atom. The van der Waals surface area contributed by atoms with Crippen LogP contribution in [0.4, 0.5) is 5.82 Å². The number of carbonyl (C=O) groups is 1. The van der Waals surface area contributed by atoms with Crippen molar-refractivity contribution >= 4 is 45.7 Å². The molecule has 0 fully saturated rings. The van der Waals surface area contributed by atoms with Crippen molar-refractivity contribution in [1.82, 2.24) is 15.3 Å². The summed E-state index contributed by atoms with van der Waals surface area (Å²) in [5.74, 6) is 0.0319. The first-order valence-electron chi connectivity index (χ1n) is 5.27. The van der Waals surface area contributed by atoms with Gasteiger partial charge < -0.3 is 5.73 Å². The number of nitrogens with zero attached hydrogens (tertiary/aromatic N) is 3. The summed E-state index contributed by atoms with van der Waals surface area (Å²) in [6.45, 7) is 0. The lowest BCUT2D eigenvalue weighted by Gasteiger charge is -1.98. The second-order valence-electron chi connectivity index (χ2n) is 3.66. The van der Waals surface area contributed by atoms with Gasteiger partial charge in [0.15, 0.2) is 4.34 Å². The van der Waals surface area contributed by atoms with Crippen LogP contribution in [0.25, 0.3) is 11.0 Å². The van der Waals surface area contributed by atoms with Gasteiger partial charge in [0, 0.05) is 0 Å². The topological polar surface area (TPSA) is 94.9 Å². The molecular weight excluding hydrogens is 284 g/mol. The zero-order valence-electron chi connectivity index (χ0n) is 9.78. The number of nitrogens with two attached hydrogens (primary N) is 1. The third-order valence-corrected chi connectivity index (χ3v) is 4.60. The van der Waals surface area contributed by atoms with Crippen molar-refractivity contribution < 1.29 is 9.42 Å². The fourth-order valence-electron chi connectivity index (χ4n) is 1.67. The average molecular weight is 292 g/mol. The van der Waals surface area contributed by atoms with Crippen molar-refractivity contribution in [2.24, 2.45) is 0 Å². The Morgan fingerprint density at radius 3 is 3.00 bits per heavy atom. The van der Waals surface area contributed by atoms with Gasteiger partial charge in [-0.25, -0.2) is 9.61 Å². The molecule has 0 aliphatic rings. The Labute approximate surface area is 116 Å². The number of anilines is 1. The van der Waals surface area contributed by atoms with Crippen LogP contribution in [-0.2, 0) is 0 Å². The molecule has 2 aromatic heterocycles. The molecule has 8 heteroatoms. The summed E-state index contributed by atoms with van der Waals surface area (Å²) in [5.41, 5.74) is 7.18. The maximum Gasteiger partial charge on any atom is 0.209 e. The monoisotopic (exact) mass is 292 g/mol. The summed E-state index contributed by atoms with van der Waals surface area (Å²) in [7, 11) is 0. The molecule has 0 aliphatic carbocycles. The summed E-state index contributed by atoms with van der Waals surface area (Å²) in [6, 6.07) is 5.13. The van der Waals surface area contributed by atoms with Gasteiger partial charge in [0.2, 0.25) is 5.78 Å². The van der Waals surface area contributed by atoms with E-state index in [1.807, 2.05) is 6.26 Å². The molecule has 0 spiro atoms. The van der Waals surface area contributed by atoms with Crippen molar-refractivity contribution in [3.63, 3.8) is 0 Å². The molecule has 3 aromatic rings. The van der Waals surface area contributed by atoms with Crippen LogP contribution in [0.2, 0.25) is 0 Å². The highest BCUT2D eigenvalue weighted by molar-refractivity contribution is 8.00. The molecule has 0 saturated heterocycles. The Hall–Kier alpha value is -1.93. The number of nitrogen functional groups attached to an aromatic ring is 1. The number of carbonyl (C=O) groups excluding carboxylic acids is 1. The lowest BCUT2D eigenvalue weighted by molar-refractivity contribution is 0.104. The number of benzene rings is 1. The number of hydrogen-bond donors (Lipinski definition) is 1. The van der Waals surface area contributed by atoms with Gasteiger partial charge in [-0.15, -0.1) is 11.3 Å². The maximum absolute atomic E-state index is 12.5. The summed E-state index contributed by atoms with van der Waals surface area (Å²) in [5, 5.41) is 7.47. The van der Waals surface area contributed by atoms with E-state index < -0.39 is 0 Å². The minimum absolute atomic E-state index is 0.211. The van der Waals surface area contributed by atoms with Crippen LogP contribution in [0.15, 0.2) is 27.2 Å². The Morgan fingerprint density at radius 2 is 2.26 bits per heavy atom. The van der Waals surface area contributed by atoms with E-state index in [4.69, 9.17) is 5.73 Å². The minimum Gasteiger partial charge on any atom is -0.382 e. The SMILES string of the molecule is CSc1nc(N)c(C(=O)c2cccc3nonc23)s1. The molecule has 0 saturated carbocycles. The quantitative estimate of drug-likeness (QED) is 0.584. The second kappa shape index (κ2) is 4.63. The maximum atomic E-state index is 12.5. The number of hydrogen-bond acceptors (Lipinski definition) is 8. The number of aromatic nitrogens is 3. The van der Waals surface area contributed by atoms with Gasteiger partial charge in [0.05, 0.1) is 5.56 Å². The van der Waals surface area contributed by atoms with Crippen LogP contribution >= 0.6 is 23.1 Å². The normalized spacial score (nSPS) is 11.0. The number of thioether (sulfide) groups is 1. The summed E-state index contributed by atoms with van der Waals surface area (Å²) < 4.78 is 5.40. The van der Waals surface area contributed by atoms with Gasteiger partial charge in [0.25, 0.3) is 0 Å². The number of fused-ring (bicyclic) bond motifs is 1. The lowest BCUT2D eigenvalue weighted by Crippen LogP contribution is -2.03. The molecule has 2 N–H and O–H groups in total. The largest absolute Gasteiger partial charge is 0.382 e. The van der Waals surface area contributed by atoms with E-state index in [0.29, 0.717) is 21.5 Å². The third kappa shape index (κ3) is 1.98. The van der Waals surface area contributed by atoms with E-state index >= 15 is 0 Å². The third-order valence-electron chi connectivity index (χ3n) is 2.55. The second-order valence-corrected chi connectivity index (χ2v) is 5.72. The number of thiazole rings is 1. The highest BCUT2D eigenvalue weighted by atomic mass is 32.2. The van der Waals surface area contributed by atoms with Crippen LogP contribution in [0.3, 0.4) is 0 Å². The van der Waals surface area contributed by atoms with Gasteiger partial charge >= 0.3 is 0 Å². The fraction of sp³-hybridized carbons (Fsp3) is 0.0909. The van der Waals surface area contributed by atoms with Crippen molar-refractivity contribution in [3.8, 4) is 0 Å². The first-order chi connectivity index (χ1) is 9.20. The molecule has 1 aromatic carbocycles. The first-order valence-corrected chi connectivity index (χ1v) is 7.31. The molecule has 0 bridgehead atoms. The van der Waals surface area contributed by atoms with E-state index in [1.165, 1.54) is 23.1 Å². The molecule has 0 radical (unpaired) electrons. The molecule has 0 atom stereocenters. The van der Waals surface area contributed by atoms with E-state index in [2.05, 4.69) is 19.9 Å². The lowest BCUT2D eigenvalue weighted by atomic mass is 10.1. The van der Waals surface area contributed by atoms with Crippen molar-refractivity contribution in [3.05, 3.63) is 28.6 Å². The van der Waals surface area contributed by atoms with Crippen molar-refractivity contribution in [1.29, 1.82) is 0 Å². The molecule has 0 unspecified atom stereocenters. The molecule has 0 aliphatic heterocycles. The standard InChI is InChI=1S/C11H8N4O2S2/c1-18-11-13-10(12)9(19-11)8(16)5-3-2-4-6-7(5)15-17-14-6/h2-4H,12H2,1H3. The summed E-state index contributed by atoms with van der Waals surface area (Å²) >= 11 is 2.72. The number of rotatable bonds is 3. The smallest absolute Gasteiger partial charge is 0.209 e.